The lowest BCUT2D eigenvalue weighted by Gasteiger charge is -2.15. The van der Waals surface area contributed by atoms with Gasteiger partial charge in [-0.05, 0) is 67.2 Å². The van der Waals surface area contributed by atoms with E-state index in [0.717, 1.165) is 29.7 Å². The molecule has 3 aliphatic carbocycles. The average molecular weight is 528 g/mol. The number of hydrogen-bond donors (Lipinski definition) is 1. The summed E-state index contributed by atoms with van der Waals surface area (Å²) in [5.41, 5.74) is 1.72. The topological polar surface area (TPSA) is 140 Å². The number of nitrogens with one attached hydrogen (secondary N) is 1. The van der Waals surface area contributed by atoms with Crippen LogP contribution < -0.4 is 5.32 Å². The maximum absolute atomic E-state index is 13.4. The molecule has 0 aliphatic heterocycles. The smallest absolute Gasteiger partial charge is 0.257 e. The van der Waals surface area contributed by atoms with Crippen molar-refractivity contribution in [3.63, 3.8) is 0 Å². The van der Waals surface area contributed by atoms with Crippen molar-refractivity contribution in [2.24, 2.45) is 11.1 Å². The van der Waals surface area contributed by atoms with E-state index >= 15 is 0 Å². The molecule has 0 bridgehead atoms. The number of amides is 1. The minimum absolute atomic E-state index is 0.0486. The fourth-order valence-corrected chi connectivity index (χ4v) is 7.17. The van der Waals surface area contributed by atoms with Crippen molar-refractivity contribution < 1.29 is 22.8 Å². The molecule has 1 aromatic carbocycles. The fraction of sp³-hybridized carbons (Fsp3) is 0.440. The lowest BCUT2D eigenvalue weighted by atomic mass is 9.96. The molecule has 0 radical (unpaired) electrons. The van der Waals surface area contributed by atoms with Crippen molar-refractivity contribution in [1.29, 1.82) is 0 Å². The number of aromatic nitrogens is 1. The molecule has 2 aromatic rings. The SMILES string of the molecule is O=NCC(=O)c1csc(NC(=O)/C(=C/[C@H]2CCC(=O)C2)c2ccc(S(=O)(=O)C3CC3)c(C3CC3)c2)n1. The van der Waals surface area contributed by atoms with E-state index < -0.39 is 28.1 Å². The minimum Gasteiger partial charge on any atom is -0.300 e. The summed E-state index contributed by atoms with van der Waals surface area (Å²) in [5.74, 6) is -0.791. The summed E-state index contributed by atoms with van der Waals surface area (Å²) in [7, 11) is -3.39. The van der Waals surface area contributed by atoms with Gasteiger partial charge < -0.3 is 0 Å². The number of Topliss-reactive ketones (excluding diaryl/α,β-unsaturated/α-hetero) is 2. The molecule has 0 unspecified atom stereocenters. The fourth-order valence-electron chi connectivity index (χ4n) is 4.53. The summed E-state index contributed by atoms with van der Waals surface area (Å²) in [5, 5.41) is 6.62. The molecule has 1 atom stereocenters. The Hall–Kier alpha value is -3.05. The first-order valence-corrected chi connectivity index (χ1v) is 14.4. The van der Waals surface area contributed by atoms with Crippen LogP contribution in [0, 0.1) is 10.8 Å². The van der Waals surface area contributed by atoms with Gasteiger partial charge in [-0.1, -0.05) is 17.3 Å². The van der Waals surface area contributed by atoms with Gasteiger partial charge in [0.15, 0.2) is 15.0 Å². The highest BCUT2D eigenvalue weighted by Gasteiger charge is 2.40. The van der Waals surface area contributed by atoms with Crippen molar-refractivity contribution in [2.75, 3.05) is 11.9 Å². The van der Waals surface area contributed by atoms with Crippen molar-refractivity contribution in [2.45, 2.75) is 61.0 Å². The number of ketones is 2. The Bertz CT molecular complexity index is 1390. The van der Waals surface area contributed by atoms with Gasteiger partial charge in [0.2, 0.25) is 5.78 Å². The third-order valence-electron chi connectivity index (χ3n) is 6.76. The monoisotopic (exact) mass is 527 g/mol. The van der Waals surface area contributed by atoms with Gasteiger partial charge in [-0.25, -0.2) is 13.4 Å². The van der Waals surface area contributed by atoms with Gasteiger partial charge in [-0.3, -0.25) is 19.7 Å². The second-order valence-corrected chi connectivity index (χ2v) is 12.7. The quantitative estimate of drug-likeness (QED) is 0.276. The van der Waals surface area contributed by atoms with E-state index in [4.69, 9.17) is 0 Å². The number of thiazole rings is 1. The second-order valence-electron chi connectivity index (χ2n) is 9.60. The number of rotatable bonds is 10. The van der Waals surface area contributed by atoms with Gasteiger partial charge in [0.25, 0.3) is 5.91 Å². The molecule has 1 amide bonds. The zero-order valence-electron chi connectivity index (χ0n) is 19.4. The van der Waals surface area contributed by atoms with Crippen molar-refractivity contribution in [1.82, 2.24) is 4.98 Å². The molecule has 9 nitrogen and oxygen atoms in total. The third kappa shape index (κ3) is 5.22. The first-order valence-electron chi connectivity index (χ1n) is 12.0. The van der Waals surface area contributed by atoms with Crippen LogP contribution >= 0.6 is 11.3 Å². The van der Waals surface area contributed by atoms with Gasteiger partial charge >= 0.3 is 0 Å². The highest BCUT2D eigenvalue weighted by atomic mass is 32.2. The zero-order chi connectivity index (χ0) is 25.4. The van der Waals surface area contributed by atoms with Gasteiger partial charge in [0.1, 0.15) is 18.0 Å². The van der Waals surface area contributed by atoms with E-state index in [9.17, 15) is 27.7 Å². The van der Waals surface area contributed by atoms with Crippen molar-refractivity contribution in [3.8, 4) is 0 Å². The van der Waals surface area contributed by atoms with E-state index in [1.54, 1.807) is 18.2 Å². The molecule has 5 rings (SSSR count). The Kier molecular flexibility index (Phi) is 6.69. The molecule has 188 valence electrons. The van der Waals surface area contributed by atoms with E-state index in [2.05, 4.69) is 15.5 Å². The molecular formula is C25H25N3O6S2. The minimum atomic E-state index is -3.39. The van der Waals surface area contributed by atoms with Crippen LogP contribution in [0.4, 0.5) is 5.13 Å². The van der Waals surface area contributed by atoms with Gasteiger partial charge in [0.05, 0.1) is 10.1 Å². The van der Waals surface area contributed by atoms with E-state index in [1.165, 1.54) is 5.38 Å². The maximum Gasteiger partial charge on any atom is 0.257 e. The Labute approximate surface area is 212 Å². The number of carbonyl (C=O) groups is 3. The number of benzene rings is 1. The highest BCUT2D eigenvalue weighted by Crippen LogP contribution is 2.46. The normalized spacial score (nSPS) is 20.4. The van der Waals surface area contributed by atoms with Gasteiger partial charge in [0, 0.05) is 23.8 Å². The number of sulfone groups is 1. The van der Waals surface area contributed by atoms with Crippen LogP contribution in [0.1, 0.15) is 72.5 Å². The molecule has 3 aliphatic rings. The van der Waals surface area contributed by atoms with Crippen LogP contribution in [0.25, 0.3) is 5.57 Å². The first kappa shape index (κ1) is 24.6. The largest absolute Gasteiger partial charge is 0.300 e. The number of allylic oxidation sites excluding steroid dienone is 1. The van der Waals surface area contributed by atoms with Crippen LogP contribution in [-0.2, 0) is 19.4 Å². The van der Waals surface area contributed by atoms with E-state index in [1.807, 2.05) is 6.07 Å². The summed E-state index contributed by atoms with van der Waals surface area (Å²) in [6.07, 6.45) is 6.43. The molecule has 11 heteroatoms. The Morgan fingerprint density at radius 2 is 1.94 bits per heavy atom. The van der Waals surface area contributed by atoms with Crippen molar-refractivity contribution in [3.05, 3.63) is 51.4 Å². The summed E-state index contributed by atoms with van der Waals surface area (Å²) in [6, 6.07) is 5.09. The molecule has 1 aromatic heterocycles. The molecule has 0 saturated heterocycles. The number of anilines is 1. The number of carbonyl (C=O) groups excluding carboxylic acids is 3. The number of nitrogens with zero attached hydrogens (tertiary/aromatic N) is 2. The standard InChI is InChI=1S/C25H25N3O6S2/c29-17-5-1-14(9-17)10-20(24(31)28-25-27-21(13-35-25)22(30)12-26-32)16-4-8-23(19(11-16)15-2-3-15)36(33,34)18-6-7-18/h4,8,10-11,13-15,18H,1-3,5-7,9,12H2,(H,27,28,31)/b20-10+/t14-/m0/s1. The highest BCUT2D eigenvalue weighted by molar-refractivity contribution is 7.92. The van der Waals surface area contributed by atoms with Crippen molar-refractivity contribution >= 4 is 49.4 Å². The third-order valence-corrected chi connectivity index (χ3v) is 9.85. The lowest BCUT2D eigenvalue weighted by Crippen LogP contribution is -2.16. The molecule has 3 saturated carbocycles. The lowest BCUT2D eigenvalue weighted by molar-refractivity contribution is -0.117. The predicted octanol–water partition coefficient (Wildman–Crippen LogP) is 4.30. The van der Waals surface area contributed by atoms with Gasteiger partial charge in [-0.15, -0.1) is 11.3 Å². The summed E-state index contributed by atoms with van der Waals surface area (Å²) < 4.78 is 26.1. The van der Waals surface area contributed by atoms with Crippen LogP contribution in [-0.4, -0.2) is 42.7 Å². The first-order chi connectivity index (χ1) is 17.3. The molecule has 1 heterocycles. The maximum atomic E-state index is 13.4. The van der Waals surface area contributed by atoms with Gasteiger partial charge in [-0.2, -0.15) is 4.91 Å². The summed E-state index contributed by atoms with van der Waals surface area (Å²) >= 11 is 1.05. The Morgan fingerprint density at radius 1 is 1.17 bits per heavy atom. The number of hydrogen-bond acceptors (Lipinski definition) is 9. The molecule has 0 spiro atoms. The Balaban J connectivity index is 1.48. The van der Waals surface area contributed by atoms with Crippen LogP contribution in [0.15, 0.2) is 39.7 Å². The molecule has 1 N–H and O–H groups in total. The summed E-state index contributed by atoms with van der Waals surface area (Å²) in [4.78, 5) is 52.0. The zero-order valence-corrected chi connectivity index (χ0v) is 21.1. The molecule has 36 heavy (non-hydrogen) atoms. The number of nitroso groups, excluding NO2 is 1. The van der Waals surface area contributed by atoms with Crippen LogP contribution in [0.5, 0.6) is 0 Å². The Morgan fingerprint density at radius 3 is 2.58 bits per heavy atom. The average Bonchev–Trinajstić information content (AvgIpc) is 3.78. The predicted molar refractivity (Wildman–Crippen MR) is 135 cm³/mol. The molecular weight excluding hydrogens is 502 g/mol. The van der Waals surface area contributed by atoms with Crippen LogP contribution in [0.2, 0.25) is 0 Å². The molecule has 3 fully saturated rings. The van der Waals surface area contributed by atoms with E-state index in [0.29, 0.717) is 48.1 Å². The summed E-state index contributed by atoms with van der Waals surface area (Å²) in [6.45, 7) is -0.530. The van der Waals surface area contributed by atoms with Crippen LogP contribution in [0.3, 0.4) is 0 Å². The van der Waals surface area contributed by atoms with E-state index in [-0.39, 0.29) is 33.7 Å². The second kappa shape index (κ2) is 9.78.